The summed E-state index contributed by atoms with van der Waals surface area (Å²) in [6, 6.07) is 18.3. The number of likely N-dealkylation sites (tertiary alicyclic amines) is 1. The minimum absolute atomic E-state index is 0.0314. The quantitative estimate of drug-likeness (QED) is 0.307. The molecule has 3 aromatic rings. The number of fused-ring (bicyclic) bond motifs is 1. The van der Waals surface area contributed by atoms with Crippen molar-refractivity contribution in [3.05, 3.63) is 71.4 Å². The van der Waals surface area contributed by atoms with Crippen molar-refractivity contribution in [2.75, 3.05) is 32.8 Å². The van der Waals surface area contributed by atoms with Crippen LogP contribution in [-0.2, 0) is 17.7 Å². The average Bonchev–Trinajstić information content (AvgIpc) is 3.26. The Morgan fingerprint density at radius 3 is 2.60 bits per heavy atom. The second kappa shape index (κ2) is 12.0. The van der Waals surface area contributed by atoms with E-state index in [0.717, 1.165) is 68.3 Å². The molecule has 0 radical (unpaired) electrons. The number of nitrogens with two attached hydrogens (primary N) is 1. The summed E-state index contributed by atoms with van der Waals surface area (Å²) in [7, 11) is 0. The van der Waals surface area contributed by atoms with Gasteiger partial charge in [-0.25, -0.2) is 0 Å². The van der Waals surface area contributed by atoms with Crippen LogP contribution in [0.15, 0.2) is 54.6 Å². The molecule has 0 aliphatic carbocycles. The zero-order chi connectivity index (χ0) is 24.6. The fraction of sp³-hybridized carbons (Fsp3) is 0.429. The van der Waals surface area contributed by atoms with E-state index in [1.165, 1.54) is 5.56 Å². The van der Waals surface area contributed by atoms with Crippen LogP contribution < -0.4 is 11.1 Å². The van der Waals surface area contributed by atoms with E-state index < -0.39 is 0 Å². The zero-order valence-electron chi connectivity index (χ0n) is 20.6. The van der Waals surface area contributed by atoms with E-state index in [1.54, 1.807) is 0 Å². The van der Waals surface area contributed by atoms with Crippen molar-refractivity contribution in [1.29, 1.82) is 5.41 Å². The first kappa shape index (κ1) is 24.9. The molecule has 1 amide bonds. The van der Waals surface area contributed by atoms with Crippen LogP contribution in [0, 0.1) is 5.41 Å². The normalized spacial score (nSPS) is 14.8. The molecule has 4 N–H and O–H groups in total. The smallest absolute Gasteiger partial charge is 0.268 e. The van der Waals surface area contributed by atoms with Gasteiger partial charge in [0.2, 0.25) is 5.90 Å². The zero-order valence-corrected chi connectivity index (χ0v) is 20.6. The molecular weight excluding hydrogens is 438 g/mol. The number of aryl methyl sites for hydroxylation is 2. The molecule has 0 saturated carbocycles. The van der Waals surface area contributed by atoms with Crippen LogP contribution in [0.1, 0.15) is 47.8 Å². The van der Waals surface area contributed by atoms with E-state index in [4.69, 9.17) is 15.9 Å². The van der Waals surface area contributed by atoms with Crippen molar-refractivity contribution in [2.24, 2.45) is 5.73 Å². The number of amides is 1. The second-order valence-corrected chi connectivity index (χ2v) is 9.18. The van der Waals surface area contributed by atoms with E-state index in [9.17, 15) is 4.79 Å². The summed E-state index contributed by atoms with van der Waals surface area (Å²) in [6.45, 7) is 6.74. The minimum Gasteiger partial charge on any atom is -0.478 e. The number of hydrogen-bond donors (Lipinski definition) is 3. The van der Waals surface area contributed by atoms with Crippen LogP contribution in [0.4, 0.5) is 0 Å². The topological polar surface area (TPSA) is 96.4 Å². The molecule has 1 aliphatic rings. The van der Waals surface area contributed by atoms with Gasteiger partial charge in [-0.05, 0) is 69.5 Å². The second-order valence-electron chi connectivity index (χ2n) is 9.18. The van der Waals surface area contributed by atoms with Crippen molar-refractivity contribution in [3.63, 3.8) is 0 Å². The summed E-state index contributed by atoms with van der Waals surface area (Å²) in [5, 5.41) is 12.5. The van der Waals surface area contributed by atoms with Crippen molar-refractivity contribution in [3.8, 4) is 0 Å². The molecule has 0 atom stereocenters. The van der Waals surface area contributed by atoms with E-state index in [2.05, 4.69) is 26.9 Å². The molecule has 0 unspecified atom stereocenters. The molecule has 2 heterocycles. The van der Waals surface area contributed by atoms with Gasteiger partial charge >= 0.3 is 0 Å². The average molecular weight is 476 g/mol. The van der Waals surface area contributed by atoms with Gasteiger partial charge < -0.3 is 25.3 Å². The van der Waals surface area contributed by atoms with Crippen LogP contribution >= 0.6 is 0 Å². The van der Waals surface area contributed by atoms with Gasteiger partial charge in [0, 0.05) is 42.1 Å². The Morgan fingerprint density at radius 1 is 1.11 bits per heavy atom. The Kier molecular flexibility index (Phi) is 8.55. The summed E-state index contributed by atoms with van der Waals surface area (Å²) in [6.07, 6.45) is 3.74. The molecule has 2 aromatic carbocycles. The molecule has 35 heavy (non-hydrogen) atoms. The fourth-order valence-corrected chi connectivity index (χ4v) is 4.81. The minimum atomic E-state index is -0.0314. The number of carbonyl (C=O) groups excluding carboxylic acids is 1. The summed E-state index contributed by atoms with van der Waals surface area (Å²) < 4.78 is 7.51. The van der Waals surface area contributed by atoms with E-state index >= 15 is 0 Å². The molecule has 4 rings (SSSR count). The Hall–Kier alpha value is -3.16. The summed E-state index contributed by atoms with van der Waals surface area (Å²) in [5.74, 6) is 0.119. The molecule has 1 aromatic heterocycles. The number of nitrogens with zero attached hydrogens (tertiary/aromatic N) is 2. The lowest BCUT2D eigenvalue weighted by molar-refractivity contribution is 0.0902. The predicted molar refractivity (Wildman–Crippen MR) is 141 cm³/mol. The van der Waals surface area contributed by atoms with Crippen LogP contribution in [0.25, 0.3) is 10.9 Å². The highest BCUT2D eigenvalue weighted by molar-refractivity contribution is 6.01. The largest absolute Gasteiger partial charge is 0.478 e. The number of rotatable bonds is 10. The summed E-state index contributed by atoms with van der Waals surface area (Å²) >= 11 is 0. The number of hydrogen-bond acceptors (Lipinski definition) is 5. The first-order valence-electron chi connectivity index (χ1n) is 12.7. The van der Waals surface area contributed by atoms with Crippen LogP contribution in [0.5, 0.6) is 0 Å². The molecule has 1 aliphatic heterocycles. The third-order valence-electron chi connectivity index (χ3n) is 6.76. The summed E-state index contributed by atoms with van der Waals surface area (Å²) in [5.41, 5.74) is 9.21. The van der Waals surface area contributed by atoms with E-state index in [0.29, 0.717) is 18.8 Å². The van der Waals surface area contributed by atoms with Gasteiger partial charge in [0.1, 0.15) is 5.69 Å². The fourth-order valence-electron chi connectivity index (χ4n) is 4.81. The van der Waals surface area contributed by atoms with Crippen LogP contribution in [0.3, 0.4) is 0 Å². The van der Waals surface area contributed by atoms with Crippen molar-refractivity contribution < 1.29 is 9.53 Å². The van der Waals surface area contributed by atoms with E-state index in [1.807, 2.05) is 49.4 Å². The first-order chi connectivity index (χ1) is 17.1. The van der Waals surface area contributed by atoms with Crippen molar-refractivity contribution in [1.82, 2.24) is 14.8 Å². The monoisotopic (exact) mass is 475 g/mol. The molecule has 7 heteroatoms. The number of ether oxygens (including phenoxy) is 1. The van der Waals surface area contributed by atoms with Gasteiger partial charge in [-0.1, -0.05) is 36.4 Å². The van der Waals surface area contributed by atoms with Gasteiger partial charge in [0.25, 0.3) is 5.91 Å². The predicted octanol–water partition coefficient (Wildman–Crippen LogP) is 3.79. The van der Waals surface area contributed by atoms with Gasteiger partial charge in [-0.15, -0.1) is 0 Å². The highest BCUT2D eigenvalue weighted by Gasteiger charge is 2.23. The molecule has 0 bridgehead atoms. The molecule has 1 fully saturated rings. The summed E-state index contributed by atoms with van der Waals surface area (Å²) in [4.78, 5) is 15.9. The van der Waals surface area contributed by atoms with Gasteiger partial charge in [-0.2, -0.15) is 0 Å². The van der Waals surface area contributed by atoms with Gasteiger partial charge in [0.05, 0.1) is 6.61 Å². The van der Waals surface area contributed by atoms with Crippen molar-refractivity contribution >= 4 is 22.7 Å². The molecular formula is C28H37N5O2. The Labute approximate surface area is 207 Å². The maximum Gasteiger partial charge on any atom is 0.268 e. The SMILES string of the molecule is CCOC(=N)c1ccc2cc(C(=O)NC3CCN(CCCN)CC3)n(CCc3ccccc3)c2c1. The number of carbonyl (C=O) groups is 1. The molecule has 7 nitrogen and oxygen atoms in total. The van der Waals surface area contributed by atoms with Gasteiger partial charge in [-0.3, -0.25) is 10.2 Å². The van der Waals surface area contributed by atoms with Gasteiger partial charge in [0.15, 0.2) is 0 Å². The third-order valence-corrected chi connectivity index (χ3v) is 6.76. The lowest BCUT2D eigenvalue weighted by Gasteiger charge is -2.32. The number of piperidine rings is 1. The Morgan fingerprint density at radius 2 is 1.89 bits per heavy atom. The molecule has 186 valence electrons. The maximum absolute atomic E-state index is 13.5. The van der Waals surface area contributed by atoms with Crippen molar-refractivity contribution in [2.45, 2.75) is 45.2 Å². The number of nitrogens with one attached hydrogen (secondary N) is 2. The highest BCUT2D eigenvalue weighted by Crippen LogP contribution is 2.24. The maximum atomic E-state index is 13.5. The number of aromatic nitrogens is 1. The van der Waals surface area contributed by atoms with Crippen LogP contribution in [-0.4, -0.2) is 60.1 Å². The Bertz CT molecular complexity index is 1130. The number of benzene rings is 2. The molecule has 0 spiro atoms. The van der Waals surface area contributed by atoms with Crippen LogP contribution in [0.2, 0.25) is 0 Å². The standard InChI is InChI=1S/C28H37N5O2/c1-2-35-27(30)23-10-9-22-19-26(28(34)31-24-12-16-32(17-13-24)15-6-14-29)33(25(22)20-23)18-11-21-7-4-3-5-8-21/h3-5,7-10,19-20,24,30H,2,6,11-18,29H2,1H3,(H,31,34). The Balaban J connectivity index is 1.55. The van der Waals surface area contributed by atoms with E-state index in [-0.39, 0.29) is 17.8 Å². The lowest BCUT2D eigenvalue weighted by Crippen LogP contribution is -2.45. The molecule has 1 saturated heterocycles. The third kappa shape index (κ3) is 6.29. The highest BCUT2D eigenvalue weighted by atomic mass is 16.5. The lowest BCUT2D eigenvalue weighted by atomic mass is 10.0. The first-order valence-corrected chi connectivity index (χ1v) is 12.7.